The molecule has 0 aromatic heterocycles. The fourth-order valence-electron chi connectivity index (χ4n) is 2.16. The summed E-state index contributed by atoms with van der Waals surface area (Å²) in [6, 6.07) is 7.39. The maximum atomic E-state index is 11.7. The number of nitrogens with one attached hydrogen (secondary N) is 2. The van der Waals surface area contributed by atoms with Gasteiger partial charge in [-0.3, -0.25) is 0 Å². The van der Waals surface area contributed by atoms with Gasteiger partial charge < -0.3 is 31.9 Å². The predicted molar refractivity (Wildman–Crippen MR) is 106 cm³/mol. The van der Waals surface area contributed by atoms with Crippen molar-refractivity contribution in [3.8, 4) is 0 Å². The van der Waals surface area contributed by atoms with Crippen LogP contribution < -0.4 is 10.6 Å². The summed E-state index contributed by atoms with van der Waals surface area (Å²) >= 11 is 0. The number of hydrogen-bond donors (Lipinski definition) is 2. The number of ether oxygens (including phenoxy) is 2. The van der Waals surface area contributed by atoms with E-state index >= 15 is 0 Å². The van der Waals surface area contributed by atoms with Gasteiger partial charge in [-0.1, -0.05) is 24.3 Å². The van der Waals surface area contributed by atoms with Crippen molar-refractivity contribution in [1.82, 2.24) is 10.2 Å². The molecule has 0 aliphatic carbocycles. The van der Waals surface area contributed by atoms with Crippen molar-refractivity contribution in [3.05, 3.63) is 43.3 Å². The molecule has 1 fully saturated rings. The minimum atomic E-state index is -0.595. The summed E-state index contributed by atoms with van der Waals surface area (Å²) in [6.45, 7) is 15.1. The molecule has 1 aromatic rings. The summed E-state index contributed by atoms with van der Waals surface area (Å²) in [5.74, 6) is 0. The van der Waals surface area contributed by atoms with Crippen LogP contribution in [0.1, 0.15) is 40.2 Å². The molecule has 0 radical (unpaired) electrons. The minimum absolute atomic E-state index is 0. The smallest absolute Gasteiger partial charge is 0.445 e. The molecule has 1 aliphatic heterocycles. The molecule has 156 valence electrons. The van der Waals surface area contributed by atoms with Gasteiger partial charge in [0.1, 0.15) is 11.3 Å². The average Bonchev–Trinajstić information content (AvgIpc) is 2.94. The maximum absolute atomic E-state index is 11.7. The third-order valence-corrected chi connectivity index (χ3v) is 3.59. The molecule has 1 aliphatic rings. The molecule has 2 N–H and O–H groups in total. The van der Waals surface area contributed by atoms with Crippen LogP contribution in [0.4, 0.5) is 15.3 Å². The first kappa shape index (κ1) is 26.4. The molecule has 8 heteroatoms. The standard InChI is InChI=1S/C10H13N2O.C10H18NO3.W/c1-3-8-4-6-9(7-5-8)12-10(13)11-2;1-9(2,3)14-8(12)11-6-7-13-10(11,4)5;/h4-7H,1,3H2,2H3,(H2,11,12,13);6H,7H2,1-5H3;/q2*-1;+2. The Bertz CT molecular complexity index is 627. The summed E-state index contributed by atoms with van der Waals surface area (Å²) in [4.78, 5) is 24.1. The van der Waals surface area contributed by atoms with Gasteiger partial charge in [0.05, 0.1) is 0 Å². The van der Waals surface area contributed by atoms with Gasteiger partial charge in [0, 0.05) is 12.7 Å². The molecule has 7 nitrogen and oxygen atoms in total. The second-order valence-corrected chi connectivity index (χ2v) is 7.44. The van der Waals surface area contributed by atoms with Gasteiger partial charge in [0.2, 0.25) is 0 Å². The number of urea groups is 1. The summed E-state index contributed by atoms with van der Waals surface area (Å²) in [6.07, 6.45) is 0.403. The molecule has 0 saturated carbocycles. The summed E-state index contributed by atoms with van der Waals surface area (Å²) in [5, 5.41) is 5.15. The number of hydrogen-bond acceptors (Lipinski definition) is 4. The van der Waals surface area contributed by atoms with Gasteiger partial charge in [-0.2, -0.15) is 6.42 Å². The molecule has 0 spiro atoms. The van der Waals surface area contributed by atoms with E-state index in [4.69, 9.17) is 9.47 Å². The summed E-state index contributed by atoms with van der Waals surface area (Å²) in [5.41, 5.74) is 0.880. The van der Waals surface area contributed by atoms with Gasteiger partial charge in [0.25, 0.3) is 0 Å². The topological polar surface area (TPSA) is 79.9 Å². The van der Waals surface area contributed by atoms with Crippen molar-refractivity contribution >= 4 is 17.8 Å². The molecule has 2 rings (SSSR count). The van der Waals surface area contributed by atoms with Crippen molar-refractivity contribution in [2.45, 2.75) is 52.4 Å². The zero-order valence-electron chi connectivity index (χ0n) is 17.5. The van der Waals surface area contributed by atoms with Crippen molar-refractivity contribution in [2.24, 2.45) is 0 Å². The monoisotopic (exact) mass is 561 g/mol. The van der Waals surface area contributed by atoms with Crippen LogP contribution in [0.15, 0.2) is 24.3 Å². The molecule has 0 bridgehead atoms. The SMILES string of the molecule is CC(C)(C)OC(=O)N1[CH-]COC1(C)C.[CH2-]Cc1ccc(NC(=O)NC)cc1.[W+2]. The second-order valence-electron chi connectivity index (χ2n) is 7.44. The average molecular weight is 561 g/mol. The van der Waals surface area contributed by atoms with E-state index in [-0.39, 0.29) is 33.2 Å². The van der Waals surface area contributed by atoms with Crippen molar-refractivity contribution in [3.63, 3.8) is 0 Å². The van der Waals surface area contributed by atoms with Crippen molar-refractivity contribution in [2.75, 3.05) is 19.0 Å². The van der Waals surface area contributed by atoms with E-state index in [0.717, 1.165) is 17.7 Å². The van der Waals surface area contributed by atoms with Crippen LogP contribution in [0.2, 0.25) is 0 Å². The number of nitrogens with zero attached hydrogens (tertiary/aromatic N) is 1. The maximum Gasteiger partial charge on any atom is 2.00 e. The number of rotatable bonds is 2. The number of anilines is 1. The van der Waals surface area contributed by atoms with Gasteiger partial charge >= 0.3 is 33.2 Å². The Morgan fingerprint density at radius 2 is 1.86 bits per heavy atom. The van der Waals surface area contributed by atoms with E-state index in [1.807, 2.05) is 58.9 Å². The number of carbonyl (C=O) groups excluding carboxylic acids is 2. The van der Waals surface area contributed by atoms with Gasteiger partial charge in [-0.15, -0.1) is 0 Å². The summed E-state index contributed by atoms with van der Waals surface area (Å²) < 4.78 is 10.6. The molecule has 1 saturated heterocycles. The first-order chi connectivity index (χ1) is 12.5. The fraction of sp³-hybridized carbons (Fsp3) is 0.500. The Kier molecular flexibility index (Phi) is 10.8. The van der Waals surface area contributed by atoms with E-state index in [2.05, 4.69) is 17.6 Å². The fourth-order valence-corrected chi connectivity index (χ4v) is 2.16. The Morgan fingerprint density at radius 3 is 2.25 bits per heavy atom. The molecule has 0 atom stereocenters. The van der Waals surface area contributed by atoms with E-state index in [1.165, 1.54) is 4.90 Å². The van der Waals surface area contributed by atoms with Crippen LogP contribution in [-0.2, 0) is 37.0 Å². The largest absolute Gasteiger partial charge is 2.00 e. The molecular formula is C20H31N3O4W. The third-order valence-electron chi connectivity index (χ3n) is 3.59. The Balaban J connectivity index is 0.000000504. The molecular weight excluding hydrogens is 530 g/mol. The van der Waals surface area contributed by atoms with Gasteiger partial charge in [0.15, 0.2) is 0 Å². The second kappa shape index (κ2) is 11.4. The number of amides is 3. The van der Waals surface area contributed by atoms with E-state index in [1.54, 1.807) is 13.6 Å². The Hall–Kier alpha value is -1.59. The van der Waals surface area contributed by atoms with Crippen LogP contribution in [0.3, 0.4) is 0 Å². The minimum Gasteiger partial charge on any atom is -0.445 e. The van der Waals surface area contributed by atoms with Crippen molar-refractivity contribution < 1.29 is 40.1 Å². The quantitative estimate of drug-likeness (QED) is 0.536. The van der Waals surface area contributed by atoms with Crippen LogP contribution in [0.5, 0.6) is 0 Å². The van der Waals surface area contributed by atoms with Crippen LogP contribution in [-0.4, -0.2) is 42.0 Å². The van der Waals surface area contributed by atoms with Crippen LogP contribution in [0.25, 0.3) is 0 Å². The Morgan fingerprint density at radius 1 is 1.29 bits per heavy atom. The molecule has 0 unspecified atom stereocenters. The van der Waals surface area contributed by atoms with E-state index in [0.29, 0.717) is 6.61 Å². The Labute approximate surface area is 182 Å². The first-order valence-electron chi connectivity index (χ1n) is 8.85. The third kappa shape index (κ3) is 9.07. The molecule has 28 heavy (non-hydrogen) atoms. The first-order valence-corrected chi connectivity index (χ1v) is 8.85. The number of carbonyl (C=O) groups is 2. The predicted octanol–water partition coefficient (Wildman–Crippen LogP) is 3.96. The summed E-state index contributed by atoms with van der Waals surface area (Å²) in [7, 11) is 1.58. The normalized spacial score (nSPS) is 14.9. The van der Waals surface area contributed by atoms with E-state index in [9.17, 15) is 9.59 Å². The molecule has 1 heterocycles. The van der Waals surface area contributed by atoms with Crippen molar-refractivity contribution in [1.29, 1.82) is 0 Å². The molecule has 3 amide bonds. The zero-order chi connectivity index (χ0) is 20.7. The number of benzene rings is 1. The van der Waals surface area contributed by atoms with Gasteiger partial charge in [-0.05, 0) is 46.8 Å². The van der Waals surface area contributed by atoms with Gasteiger partial charge in [-0.25, -0.2) is 16.1 Å². The van der Waals surface area contributed by atoms with Crippen LogP contribution >= 0.6 is 0 Å². The van der Waals surface area contributed by atoms with Crippen LogP contribution in [0, 0.1) is 13.5 Å². The zero-order valence-corrected chi connectivity index (χ0v) is 20.4. The van der Waals surface area contributed by atoms with E-state index < -0.39 is 11.3 Å². The molecule has 1 aromatic carbocycles.